The average Bonchev–Trinajstić information content (AvgIpc) is 2.82. The fraction of sp³-hybridized carbons (Fsp3) is 0.643. The lowest BCUT2D eigenvalue weighted by Gasteiger charge is -2.32. The highest BCUT2D eigenvalue weighted by Crippen LogP contribution is 2.23. The first kappa shape index (κ1) is 15.0. The highest BCUT2D eigenvalue weighted by molar-refractivity contribution is 9.11. The smallest absolute Gasteiger partial charge is 0.239 e. The second-order valence-corrected chi connectivity index (χ2v) is 7.48. The fourth-order valence-corrected chi connectivity index (χ4v) is 3.87. The molecule has 1 saturated heterocycles. The van der Waals surface area contributed by atoms with Crippen LogP contribution in [0, 0.1) is 0 Å². The number of nitrogens with one attached hydrogen (secondary N) is 1. The van der Waals surface area contributed by atoms with Gasteiger partial charge in [-0.25, -0.2) is 0 Å². The van der Waals surface area contributed by atoms with Crippen LogP contribution in [0.4, 0.5) is 0 Å². The van der Waals surface area contributed by atoms with Gasteiger partial charge in [0.1, 0.15) is 0 Å². The molecule has 0 saturated carbocycles. The second kappa shape index (κ2) is 7.41. The Hall–Kier alpha value is -0.390. The molecule has 3 nitrogen and oxygen atoms in total. The Morgan fingerprint density at radius 1 is 1.53 bits per heavy atom. The Morgan fingerprint density at radius 3 is 3.05 bits per heavy atom. The number of thiophene rings is 1. The number of carbonyl (C=O) groups is 1. The van der Waals surface area contributed by atoms with Gasteiger partial charge in [-0.3, -0.25) is 4.79 Å². The van der Waals surface area contributed by atoms with Crippen LogP contribution < -0.4 is 5.32 Å². The summed E-state index contributed by atoms with van der Waals surface area (Å²) in [4.78, 5) is 15.7. The Labute approximate surface area is 127 Å². The molecule has 2 heterocycles. The van der Waals surface area contributed by atoms with Crippen molar-refractivity contribution in [2.24, 2.45) is 0 Å². The van der Waals surface area contributed by atoms with Gasteiger partial charge in [-0.2, -0.15) is 0 Å². The van der Waals surface area contributed by atoms with Crippen LogP contribution in [0.3, 0.4) is 0 Å². The minimum atomic E-state index is 0.0452. The number of carbonyl (C=O) groups excluding carboxylic acids is 1. The van der Waals surface area contributed by atoms with Crippen LogP contribution in [0.5, 0.6) is 0 Å². The average molecular weight is 345 g/mol. The summed E-state index contributed by atoms with van der Waals surface area (Å²) in [5.41, 5.74) is 0. The van der Waals surface area contributed by atoms with Crippen LogP contribution in [0.15, 0.2) is 15.9 Å². The molecule has 1 fully saturated rings. The van der Waals surface area contributed by atoms with Crippen molar-refractivity contribution >= 4 is 33.2 Å². The zero-order chi connectivity index (χ0) is 13.7. The maximum absolute atomic E-state index is 12.3. The Kier molecular flexibility index (Phi) is 5.85. The van der Waals surface area contributed by atoms with Crippen molar-refractivity contribution in [3.8, 4) is 0 Å². The maximum atomic E-state index is 12.3. The van der Waals surface area contributed by atoms with Crippen molar-refractivity contribution in [1.29, 1.82) is 0 Å². The molecule has 0 bridgehead atoms. The monoisotopic (exact) mass is 344 g/mol. The molecular weight excluding hydrogens is 324 g/mol. The zero-order valence-corrected chi connectivity index (χ0v) is 13.7. The van der Waals surface area contributed by atoms with E-state index in [0.717, 1.165) is 49.1 Å². The summed E-state index contributed by atoms with van der Waals surface area (Å²) in [6.07, 6.45) is 4.14. The molecule has 5 heteroatoms. The summed E-state index contributed by atoms with van der Waals surface area (Å²) in [7, 11) is 0. The van der Waals surface area contributed by atoms with Crippen molar-refractivity contribution in [3.05, 3.63) is 20.8 Å². The Morgan fingerprint density at radius 2 is 2.37 bits per heavy atom. The molecule has 1 aliphatic rings. The molecule has 1 aliphatic heterocycles. The van der Waals surface area contributed by atoms with Gasteiger partial charge in [-0.15, -0.1) is 11.3 Å². The van der Waals surface area contributed by atoms with Gasteiger partial charge in [0.2, 0.25) is 5.91 Å². The molecule has 1 aromatic heterocycles. The molecule has 0 aromatic carbocycles. The maximum Gasteiger partial charge on any atom is 0.239 e. The third-order valence-electron chi connectivity index (χ3n) is 3.43. The van der Waals surface area contributed by atoms with E-state index in [1.807, 2.05) is 4.90 Å². The number of rotatable bonds is 6. The molecule has 0 spiro atoms. The highest BCUT2D eigenvalue weighted by atomic mass is 79.9. The molecule has 106 valence electrons. The summed E-state index contributed by atoms with van der Waals surface area (Å²) in [6, 6.07) is 4.25. The molecule has 1 unspecified atom stereocenters. The summed E-state index contributed by atoms with van der Waals surface area (Å²) >= 11 is 5.23. The SMILES string of the molecule is CCCNC1CCCN(CCc2ccc(Br)s2)C1=O. The van der Waals surface area contributed by atoms with Crippen molar-refractivity contribution in [2.45, 2.75) is 38.6 Å². The van der Waals surface area contributed by atoms with Gasteiger partial charge in [0.15, 0.2) is 0 Å². The first-order valence-corrected chi connectivity index (χ1v) is 8.58. The van der Waals surface area contributed by atoms with Crippen LogP contribution in [0.2, 0.25) is 0 Å². The number of halogens is 1. The Bertz CT molecular complexity index is 421. The molecular formula is C14H21BrN2OS. The van der Waals surface area contributed by atoms with Gasteiger partial charge in [-0.1, -0.05) is 6.92 Å². The van der Waals surface area contributed by atoms with Crippen molar-refractivity contribution in [3.63, 3.8) is 0 Å². The summed E-state index contributed by atoms with van der Waals surface area (Å²) < 4.78 is 1.16. The number of piperidine rings is 1. The van der Waals surface area contributed by atoms with E-state index < -0.39 is 0 Å². The van der Waals surface area contributed by atoms with Gasteiger partial charge in [0.25, 0.3) is 0 Å². The van der Waals surface area contributed by atoms with Gasteiger partial charge in [-0.05, 0) is 60.3 Å². The van der Waals surface area contributed by atoms with E-state index in [4.69, 9.17) is 0 Å². The first-order valence-electron chi connectivity index (χ1n) is 6.97. The molecule has 1 aromatic rings. The number of nitrogens with zero attached hydrogens (tertiary/aromatic N) is 1. The van der Waals surface area contributed by atoms with E-state index in [0.29, 0.717) is 0 Å². The van der Waals surface area contributed by atoms with Crippen LogP contribution in [-0.2, 0) is 11.2 Å². The van der Waals surface area contributed by atoms with Crippen LogP contribution in [0.25, 0.3) is 0 Å². The lowest BCUT2D eigenvalue weighted by molar-refractivity contribution is -0.135. The van der Waals surface area contributed by atoms with Crippen LogP contribution in [0.1, 0.15) is 31.1 Å². The van der Waals surface area contributed by atoms with Crippen molar-refractivity contribution in [2.75, 3.05) is 19.6 Å². The Balaban J connectivity index is 1.83. The number of hydrogen-bond acceptors (Lipinski definition) is 3. The molecule has 0 radical (unpaired) electrons. The predicted molar refractivity (Wildman–Crippen MR) is 83.6 cm³/mol. The second-order valence-electron chi connectivity index (χ2n) is 4.93. The van der Waals surface area contributed by atoms with E-state index >= 15 is 0 Å². The van der Waals surface area contributed by atoms with E-state index in [-0.39, 0.29) is 11.9 Å². The molecule has 2 rings (SSSR count). The van der Waals surface area contributed by atoms with E-state index in [9.17, 15) is 4.79 Å². The largest absolute Gasteiger partial charge is 0.341 e. The van der Waals surface area contributed by atoms with E-state index in [1.165, 1.54) is 4.88 Å². The lowest BCUT2D eigenvalue weighted by Crippen LogP contribution is -2.51. The molecule has 1 amide bonds. The standard InChI is InChI=1S/C14H21BrN2OS/c1-2-8-16-12-4-3-9-17(14(12)18)10-7-11-5-6-13(15)19-11/h5-6,12,16H,2-4,7-10H2,1H3. The van der Waals surface area contributed by atoms with E-state index in [2.05, 4.69) is 40.3 Å². The fourth-order valence-electron chi connectivity index (χ4n) is 2.40. The normalized spacial score (nSPS) is 20.0. The van der Waals surface area contributed by atoms with Crippen molar-refractivity contribution < 1.29 is 4.79 Å². The third kappa shape index (κ3) is 4.29. The molecule has 19 heavy (non-hydrogen) atoms. The van der Waals surface area contributed by atoms with Gasteiger partial charge in [0, 0.05) is 18.0 Å². The first-order chi connectivity index (χ1) is 9.20. The number of hydrogen-bond donors (Lipinski definition) is 1. The minimum absolute atomic E-state index is 0.0452. The van der Waals surface area contributed by atoms with Crippen molar-refractivity contribution in [1.82, 2.24) is 10.2 Å². The molecule has 1 N–H and O–H groups in total. The predicted octanol–water partition coefficient (Wildman–Crippen LogP) is 3.04. The topological polar surface area (TPSA) is 32.3 Å². The summed E-state index contributed by atoms with van der Waals surface area (Å²) in [6.45, 7) is 4.82. The van der Waals surface area contributed by atoms with Gasteiger partial charge < -0.3 is 10.2 Å². The summed E-state index contributed by atoms with van der Waals surface area (Å²) in [5, 5.41) is 3.36. The minimum Gasteiger partial charge on any atom is -0.341 e. The van der Waals surface area contributed by atoms with E-state index in [1.54, 1.807) is 11.3 Å². The third-order valence-corrected chi connectivity index (χ3v) is 5.11. The number of likely N-dealkylation sites (tertiary alicyclic amines) is 1. The molecule has 0 aliphatic carbocycles. The number of amides is 1. The zero-order valence-electron chi connectivity index (χ0n) is 11.3. The lowest BCUT2D eigenvalue weighted by atomic mass is 10.0. The molecule has 1 atom stereocenters. The van der Waals surface area contributed by atoms with Gasteiger partial charge >= 0.3 is 0 Å². The van der Waals surface area contributed by atoms with Crippen LogP contribution in [-0.4, -0.2) is 36.5 Å². The summed E-state index contributed by atoms with van der Waals surface area (Å²) in [5.74, 6) is 0.287. The highest BCUT2D eigenvalue weighted by Gasteiger charge is 2.27. The van der Waals surface area contributed by atoms with Crippen LogP contribution >= 0.6 is 27.3 Å². The quantitative estimate of drug-likeness (QED) is 0.860. The van der Waals surface area contributed by atoms with Gasteiger partial charge in [0.05, 0.1) is 9.83 Å².